The maximum Gasteiger partial charge on any atom is 0.354 e. The van der Waals surface area contributed by atoms with E-state index in [-0.39, 0.29) is 5.69 Å². The molecule has 4 atom stereocenters. The molecule has 5 heteroatoms. The molecule has 1 aromatic heterocycles. The molecule has 1 aromatic rings. The van der Waals surface area contributed by atoms with Crippen LogP contribution in [-0.4, -0.2) is 40.3 Å². The van der Waals surface area contributed by atoms with Crippen LogP contribution >= 0.6 is 11.8 Å². The Balaban J connectivity index is 1.61. The van der Waals surface area contributed by atoms with Gasteiger partial charge in [-0.2, -0.15) is 11.8 Å². The van der Waals surface area contributed by atoms with Crippen molar-refractivity contribution in [1.29, 1.82) is 0 Å². The van der Waals surface area contributed by atoms with E-state index in [1.165, 1.54) is 50.0 Å². The molecule has 1 fully saturated rings. The summed E-state index contributed by atoms with van der Waals surface area (Å²) in [6.45, 7) is 7.57. The smallest absolute Gasteiger partial charge is 0.354 e. The van der Waals surface area contributed by atoms with Crippen LogP contribution in [0.5, 0.6) is 0 Å². The van der Waals surface area contributed by atoms with E-state index >= 15 is 0 Å². The number of nitrogens with zero attached hydrogens (tertiary/aromatic N) is 1. The van der Waals surface area contributed by atoms with Crippen LogP contribution in [0.2, 0.25) is 0 Å². The first kappa shape index (κ1) is 24.2. The van der Waals surface area contributed by atoms with E-state index in [2.05, 4.69) is 37.5 Å². The molecule has 1 heterocycles. The van der Waals surface area contributed by atoms with Crippen molar-refractivity contribution in [3.8, 4) is 0 Å². The summed E-state index contributed by atoms with van der Waals surface area (Å²) < 4.78 is 6.25. The van der Waals surface area contributed by atoms with Gasteiger partial charge in [0, 0.05) is 12.3 Å². The molecule has 0 aromatic carbocycles. The standard InChI is InChI=1S/C24H39NO3S/c1-4-5-6-7-13-29-17-20-15-19(3)23(16-20)28-12-11-18(2)14-21-9-8-10-22(25-21)24(26)27/h8-10,18-20,23H,4-7,11-17H2,1-3H3,(H,26,27). The number of rotatable bonds is 14. The number of unbranched alkanes of at least 4 members (excludes halogenated alkanes) is 3. The zero-order chi connectivity index (χ0) is 21.1. The van der Waals surface area contributed by atoms with Crippen molar-refractivity contribution in [1.82, 2.24) is 4.98 Å². The van der Waals surface area contributed by atoms with Crippen LogP contribution in [0.15, 0.2) is 18.2 Å². The van der Waals surface area contributed by atoms with Crippen molar-refractivity contribution >= 4 is 17.7 Å². The van der Waals surface area contributed by atoms with Gasteiger partial charge in [0.15, 0.2) is 0 Å². The van der Waals surface area contributed by atoms with Gasteiger partial charge in [0.1, 0.15) is 5.69 Å². The van der Waals surface area contributed by atoms with Crippen LogP contribution in [0.1, 0.15) is 81.9 Å². The van der Waals surface area contributed by atoms with E-state index in [9.17, 15) is 4.79 Å². The van der Waals surface area contributed by atoms with Crippen LogP contribution in [0.4, 0.5) is 0 Å². The summed E-state index contributed by atoms with van der Waals surface area (Å²) in [7, 11) is 0. The van der Waals surface area contributed by atoms with Crippen LogP contribution in [-0.2, 0) is 11.2 Å². The lowest BCUT2D eigenvalue weighted by Crippen LogP contribution is -2.18. The summed E-state index contributed by atoms with van der Waals surface area (Å²) in [5.41, 5.74) is 0.975. The summed E-state index contributed by atoms with van der Waals surface area (Å²) in [6.07, 6.45) is 10.1. The Morgan fingerprint density at radius 3 is 2.90 bits per heavy atom. The molecule has 4 nitrogen and oxygen atoms in total. The first-order chi connectivity index (χ1) is 14.0. The van der Waals surface area contributed by atoms with Crippen LogP contribution in [0.25, 0.3) is 0 Å². The largest absolute Gasteiger partial charge is 0.477 e. The fourth-order valence-electron chi connectivity index (χ4n) is 4.18. The van der Waals surface area contributed by atoms with Gasteiger partial charge in [-0.25, -0.2) is 9.78 Å². The average Bonchev–Trinajstić information content (AvgIpc) is 3.04. The SMILES string of the molecule is CCCCCCSCC1CC(C)C(OCCC(C)Cc2cccc(C(=O)O)n2)C1. The molecular weight excluding hydrogens is 382 g/mol. The zero-order valence-electron chi connectivity index (χ0n) is 18.4. The number of hydrogen-bond donors (Lipinski definition) is 1. The molecule has 1 aliphatic rings. The molecule has 0 bridgehead atoms. The summed E-state index contributed by atoms with van der Waals surface area (Å²) in [5.74, 6) is 3.53. The number of thioether (sulfide) groups is 1. The van der Waals surface area contributed by atoms with Crippen molar-refractivity contribution in [3.63, 3.8) is 0 Å². The van der Waals surface area contributed by atoms with E-state index < -0.39 is 5.97 Å². The Labute approximate surface area is 181 Å². The van der Waals surface area contributed by atoms with Gasteiger partial charge >= 0.3 is 5.97 Å². The molecular formula is C24H39NO3S. The van der Waals surface area contributed by atoms with Crippen molar-refractivity contribution in [3.05, 3.63) is 29.6 Å². The second-order valence-corrected chi connectivity index (χ2v) is 9.93. The van der Waals surface area contributed by atoms with Gasteiger partial charge in [-0.3, -0.25) is 0 Å². The number of carboxylic acids is 1. The summed E-state index contributed by atoms with van der Waals surface area (Å²) >= 11 is 2.13. The summed E-state index contributed by atoms with van der Waals surface area (Å²) in [5, 5.41) is 9.07. The molecule has 2 rings (SSSR count). The van der Waals surface area contributed by atoms with Crippen molar-refractivity contribution in [2.75, 3.05) is 18.1 Å². The fraction of sp³-hybridized carbons (Fsp3) is 0.750. The van der Waals surface area contributed by atoms with Gasteiger partial charge in [0.05, 0.1) is 6.10 Å². The van der Waals surface area contributed by atoms with Gasteiger partial charge in [0.2, 0.25) is 0 Å². The van der Waals surface area contributed by atoms with Crippen molar-refractivity contribution < 1.29 is 14.6 Å². The summed E-state index contributed by atoms with van der Waals surface area (Å²) in [6, 6.07) is 5.23. The predicted octanol–water partition coefficient (Wildman–Crippen LogP) is 6.09. The van der Waals surface area contributed by atoms with Crippen LogP contribution < -0.4 is 0 Å². The van der Waals surface area contributed by atoms with E-state index in [4.69, 9.17) is 9.84 Å². The van der Waals surface area contributed by atoms with Crippen LogP contribution in [0.3, 0.4) is 0 Å². The Hall–Kier alpha value is -1.07. The van der Waals surface area contributed by atoms with Crippen molar-refractivity contribution in [2.45, 2.75) is 78.2 Å². The zero-order valence-corrected chi connectivity index (χ0v) is 19.3. The Morgan fingerprint density at radius 1 is 1.31 bits per heavy atom. The number of carbonyl (C=O) groups is 1. The second-order valence-electron chi connectivity index (χ2n) is 8.78. The predicted molar refractivity (Wildman–Crippen MR) is 122 cm³/mol. The maximum atomic E-state index is 11.1. The molecule has 4 unspecified atom stereocenters. The number of hydrogen-bond acceptors (Lipinski definition) is 4. The number of ether oxygens (including phenoxy) is 1. The molecule has 0 spiro atoms. The molecule has 0 saturated heterocycles. The minimum Gasteiger partial charge on any atom is -0.477 e. The van der Waals surface area contributed by atoms with E-state index in [1.807, 2.05) is 6.07 Å². The van der Waals surface area contributed by atoms with Gasteiger partial charge in [-0.15, -0.1) is 0 Å². The number of aromatic carboxylic acids is 1. The highest BCUT2D eigenvalue weighted by atomic mass is 32.2. The topological polar surface area (TPSA) is 59.4 Å². The Kier molecular flexibility index (Phi) is 11.1. The van der Waals surface area contributed by atoms with E-state index in [0.29, 0.717) is 17.9 Å². The third kappa shape index (κ3) is 9.08. The molecule has 29 heavy (non-hydrogen) atoms. The molecule has 0 amide bonds. The van der Waals surface area contributed by atoms with Gasteiger partial charge in [-0.05, 0) is 73.5 Å². The maximum absolute atomic E-state index is 11.1. The molecule has 1 aliphatic carbocycles. The van der Waals surface area contributed by atoms with Crippen molar-refractivity contribution in [2.24, 2.45) is 17.8 Å². The molecule has 1 saturated carbocycles. The highest BCUT2D eigenvalue weighted by molar-refractivity contribution is 7.99. The number of aromatic nitrogens is 1. The minimum absolute atomic E-state index is 0.125. The van der Waals surface area contributed by atoms with E-state index in [1.54, 1.807) is 12.1 Å². The second kappa shape index (κ2) is 13.3. The number of carboxylic acid groups (broad SMARTS) is 1. The first-order valence-corrected chi connectivity index (χ1v) is 12.5. The highest BCUT2D eigenvalue weighted by Crippen LogP contribution is 2.35. The normalized spacial score (nSPS) is 22.7. The Morgan fingerprint density at radius 2 is 2.14 bits per heavy atom. The quantitative estimate of drug-likeness (QED) is 0.368. The summed E-state index contributed by atoms with van der Waals surface area (Å²) in [4.78, 5) is 15.3. The third-order valence-electron chi connectivity index (χ3n) is 5.93. The Bertz CT molecular complexity index is 610. The van der Waals surface area contributed by atoms with Gasteiger partial charge in [-0.1, -0.05) is 46.1 Å². The van der Waals surface area contributed by atoms with Gasteiger partial charge < -0.3 is 9.84 Å². The van der Waals surface area contributed by atoms with E-state index in [0.717, 1.165) is 31.1 Å². The first-order valence-electron chi connectivity index (χ1n) is 11.4. The third-order valence-corrected chi connectivity index (χ3v) is 7.21. The lowest BCUT2D eigenvalue weighted by Gasteiger charge is -2.18. The monoisotopic (exact) mass is 421 g/mol. The van der Waals surface area contributed by atoms with Gasteiger partial charge in [0.25, 0.3) is 0 Å². The molecule has 0 radical (unpaired) electrons. The minimum atomic E-state index is -0.966. The molecule has 0 aliphatic heterocycles. The lowest BCUT2D eigenvalue weighted by molar-refractivity contribution is 0.0248. The number of pyridine rings is 1. The highest BCUT2D eigenvalue weighted by Gasteiger charge is 2.31. The van der Waals surface area contributed by atoms with Crippen LogP contribution in [0, 0.1) is 17.8 Å². The average molecular weight is 422 g/mol. The fourth-order valence-corrected chi connectivity index (χ4v) is 5.36. The molecule has 164 valence electrons. The lowest BCUT2D eigenvalue weighted by atomic mass is 10.0. The molecule has 1 N–H and O–H groups in total.